The van der Waals surface area contributed by atoms with Gasteiger partial charge < -0.3 is 4.74 Å². The molecule has 0 aliphatic heterocycles. The molecule has 0 spiro atoms. The third-order valence-electron chi connectivity index (χ3n) is 2.64. The third-order valence-corrected chi connectivity index (χ3v) is 2.64. The number of hydrogen-bond donors (Lipinski definition) is 0. The summed E-state index contributed by atoms with van der Waals surface area (Å²) in [6.45, 7) is 7.24. The molecule has 0 amide bonds. The van der Waals surface area contributed by atoms with E-state index >= 15 is 0 Å². The highest BCUT2D eigenvalue weighted by Gasteiger charge is 2.05. The highest BCUT2D eigenvalue weighted by molar-refractivity contribution is 5.97. The molecule has 1 rings (SSSR count). The van der Waals surface area contributed by atoms with Crippen molar-refractivity contribution in [2.45, 2.75) is 33.6 Å². The second kappa shape index (κ2) is 7.23. The van der Waals surface area contributed by atoms with Crippen molar-refractivity contribution >= 4 is 5.78 Å². The minimum atomic E-state index is 0.0678. The van der Waals surface area contributed by atoms with E-state index in [1.54, 1.807) is 0 Å². The van der Waals surface area contributed by atoms with Crippen LogP contribution in [0.3, 0.4) is 0 Å². The van der Waals surface area contributed by atoms with Crippen molar-refractivity contribution in [3.05, 3.63) is 35.4 Å². The summed E-state index contributed by atoms with van der Waals surface area (Å²) in [7, 11) is 0. The molecular formula is C15H22O2. The fourth-order valence-corrected chi connectivity index (χ4v) is 1.66. The van der Waals surface area contributed by atoms with E-state index in [2.05, 4.69) is 13.8 Å². The molecule has 0 N–H and O–H groups in total. The predicted octanol–water partition coefficient (Wildman–Crippen LogP) is 3.63. The summed E-state index contributed by atoms with van der Waals surface area (Å²) in [5.41, 5.74) is 1.85. The Balaban J connectivity index is 2.26. The molecule has 1 aromatic rings. The molecule has 1 aromatic carbocycles. The maximum atomic E-state index is 11.8. The largest absolute Gasteiger partial charge is 0.373 e. The number of aryl methyl sites for hydroxylation is 1. The van der Waals surface area contributed by atoms with Gasteiger partial charge in [0.1, 0.15) is 6.61 Å². The molecule has 2 heteroatoms. The summed E-state index contributed by atoms with van der Waals surface area (Å²) in [5, 5.41) is 0. The molecule has 0 fully saturated rings. The molecule has 0 heterocycles. The molecule has 0 bridgehead atoms. The summed E-state index contributed by atoms with van der Waals surface area (Å²) >= 11 is 0. The average molecular weight is 234 g/mol. The standard InChI is InChI=1S/C15H22O2/c1-12(2)6-5-9-17-11-15(16)14-8-4-7-13(3)10-14/h4,7-8,10,12H,5-6,9,11H2,1-3H3. The normalized spacial score (nSPS) is 10.8. The van der Waals surface area contributed by atoms with Crippen molar-refractivity contribution < 1.29 is 9.53 Å². The van der Waals surface area contributed by atoms with Gasteiger partial charge in [-0.15, -0.1) is 0 Å². The van der Waals surface area contributed by atoms with E-state index in [-0.39, 0.29) is 12.4 Å². The van der Waals surface area contributed by atoms with Gasteiger partial charge >= 0.3 is 0 Å². The van der Waals surface area contributed by atoms with Crippen LogP contribution in [0.15, 0.2) is 24.3 Å². The van der Waals surface area contributed by atoms with Crippen molar-refractivity contribution in [2.75, 3.05) is 13.2 Å². The van der Waals surface area contributed by atoms with Crippen LogP contribution in [0.2, 0.25) is 0 Å². The molecule has 2 nitrogen and oxygen atoms in total. The molecular weight excluding hydrogens is 212 g/mol. The summed E-state index contributed by atoms with van der Waals surface area (Å²) in [6, 6.07) is 7.63. The van der Waals surface area contributed by atoms with E-state index in [9.17, 15) is 4.79 Å². The number of ketones is 1. The van der Waals surface area contributed by atoms with E-state index in [1.165, 1.54) is 0 Å². The molecule has 0 saturated heterocycles. The van der Waals surface area contributed by atoms with Crippen LogP contribution in [-0.2, 0) is 4.74 Å². The molecule has 0 atom stereocenters. The van der Waals surface area contributed by atoms with Gasteiger partial charge in [0.2, 0.25) is 0 Å². The van der Waals surface area contributed by atoms with E-state index in [0.29, 0.717) is 12.5 Å². The quantitative estimate of drug-likeness (QED) is 0.532. The molecule has 94 valence electrons. The van der Waals surface area contributed by atoms with Crippen LogP contribution in [0.1, 0.15) is 42.6 Å². The zero-order valence-corrected chi connectivity index (χ0v) is 11.0. The van der Waals surface area contributed by atoms with Crippen LogP contribution < -0.4 is 0 Å². The Bertz CT molecular complexity index is 356. The highest BCUT2D eigenvalue weighted by Crippen LogP contribution is 2.06. The van der Waals surface area contributed by atoms with Crippen LogP contribution in [0.4, 0.5) is 0 Å². The molecule has 0 aliphatic carbocycles. The maximum Gasteiger partial charge on any atom is 0.188 e. The molecule has 0 aromatic heterocycles. The van der Waals surface area contributed by atoms with Gasteiger partial charge in [-0.3, -0.25) is 4.79 Å². The first-order valence-electron chi connectivity index (χ1n) is 6.27. The lowest BCUT2D eigenvalue weighted by Crippen LogP contribution is -2.10. The van der Waals surface area contributed by atoms with Crippen LogP contribution in [0.25, 0.3) is 0 Å². The SMILES string of the molecule is Cc1cccc(C(=O)COCCCC(C)C)c1. The molecule has 0 radical (unpaired) electrons. The monoisotopic (exact) mass is 234 g/mol. The number of carbonyl (C=O) groups excluding carboxylic acids is 1. The van der Waals surface area contributed by atoms with E-state index in [0.717, 1.165) is 24.0 Å². The Morgan fingerprint density at radius 1 is 1.35 bits per heavy atom. The molecule has 0 unspecified atom stereocenters. The van der Waals surface area contributed by atoms with Crippen molar-refractivity contribution in [1.82, 2.24) is 0 Å². The van der Waals surface area contributed by atoms with Crippen molar-refractivity contribution in [2.24, 2.45) is 5.92 Å². The fourth-order valence-electron chi connectivity index (χ4n) is 1.66. The zero-order valence-electron chi connectivity index (χ0n) is 11.0. The lowest BCUT2D eigenvalue weighted by atomic mass is 10.1. The lowest BCUT2D eigenvalue weighted by Gasteiger charge is -2.06. The maximum absolute atomic E-state index is 11.8. The smallest absolute Gasteiger partial charge is 0.188 e. The van der Waals surface area contributed by atoms with Gasteiger partial charge in [0.25, 0.3) is 0 Å². The Morgan fingerprint density at radius 3 is 2.76 bits per heavy atom. The van der Waals surface area contributed by atoms with Crippen molar-refractivity contribution in [1.29, 1.82) is 0 Å². The van der Waals surface area contributed by atoms with Gasteiger partial charge in [-0.2, -0.15) is 0 Å². The van der Waals surface area contributed by atoms with Gasteiger partial charge in [0, 0.05) is 12.2 Å². The Morgan fingerprint density at radius 2 is 2.12 bits per heavy atom. The van der Waals surface area contributed by atoms with Gasteiger partial charge in [-0.05, 0) is 31.7 Å². The number of hydrogen-bond acceptors (Lipinski definition) is 2. The van der Waals surface area contributed by atoms with E-state index in [1.807, 2.05) is 31.2 Å². The molecule has 17 heavy (non-hydrogen) atoms. The summed E-state index contributed by atoms with van der Waals surface area (Å²) in [4.78, 5) is 11.8. The number of Topliss-reactive ketones (excluding diaryl/α,β-unsaturated/α-hetero) is 1. The van der Waals surface area contributed by atoms with Crippen LogP contribution in [-0.4, -0.2) is 19.0 Å². The molecule has 0 saturated carbocycles. The third kappa shape index (κ3) is 5.64. The predicted molar refractivity (Wildman–Crippen MR) is 70.4 cm³/mol. The van der Waals surface area contributed by atoms with E-state index in [4.69, 9.17) is 4.74 Å². The average Bonchev–Trinajstić information content (AvgIpc) is 2.28. The first-order chi connectivity index (χ1) is 8.09. The number of rotatable bonds is 7. The minimum Gasteiger partial charge on any atom is -0.373 e. The summed E-state index contributed by atoms with van der Waals surface area (Å²) in [6.07, 6.45) is 2.18. The Kier molecular flexibility index (Phi) is 5.92. The second-order valence-corrected chi connectivity index (χ2v) is 4.88. The Labute approximate surface area is 104 Å². The zero-order chi connectivity index (χ0) is 12.7. The summed E-state index contributed by atoms with van der Waals surface area (Å²) < 4.78 is 5.39. The van der Waals surface area contributed by atoms with Gasteiger partial charge in [0.05, 0.1) is 0 Å². The van der Waals surface area contributed by atoms with Crippen LogP contribution in [0.5, 0.6) is 0 Å². The van der Waals surface area contributed by atoms with Gasteiger partial charge in [-0.25, -0.2) is 0 Å². The first-order valence-corrected chi connectivity index (χ1v) is 6.27. The number of carbonyl (C=O) groups is 1. The Hall–Kier alpha value is -1.15. The first kappa shape index (κ1) is 13.9. The fraction of sp³-hybridized carbons (Fsp3) is 0.533. The van der Waals surface area contributed by atoms with Crippen molar-refractivity contribution in [3.8, 4) is 0 Å². The van der Waals surface area contributed by atoms with Gasteiger partial charge in [-0.1, -0.05) is 37.6 Å². The lowest BCUT2D eigenvalue weighted by molar-refractivity contribution is 0.0749. The van der Waals surface area contributed by atoms with Gasteiger partial charge in [0.15, 0.2) is 5.78 Å². The highest BCUT2D eigenvalue weighted by atomic mass is 16.5. The second-order valence-electron chi connectivity index (χ2n) is 4.88. The number of ether oxygens (including phenoxy) is 1. The van der Waals surface area contributed by atoms with Crippen molar-refractivity contribution in [3.63, 3.8) is 0 Å². The summed E-state index contributed by atoms with van der Waals surface area (Å²) in [5.74, 6) is 0.768. The number of benzene rings is 1. The minimum absolute atomic E-state index is 0.0678. The molecule has 0 aliphatic rings. The van der Waals surface area contributed by atoms with Crippen LogP contribution in [0, 0.1) is 12.8 Å². The van der Waals surface area contributed by atoms with Crippen LogP contribution >= 0.6 is 0 Å². The topological polar surface area (TPSA) is 26.3 Å². The van der Waals surface area contributed by atoms with E-state index < -0.39 is 0 Å².